The van der Waals surface area contributed by atoms with Crippen molar-refractivity contribution in [2.45, 2.75) is 51.4 Å². The van der Waals surface area contributed by atoms with E-state index in [2.05, 4.69) is 28.9 Å². The minimum Gasteiger partial charge on any atom is -0.356 e. The molecule has 1 aliphatic carbocycles. The van der Waals surface area contributed by atoms with Crippen molar-refractivity contribution in [1.29, 1.82) is 0 Å². The molecule has 2 N–H and O–H groups in total. The van der Waals surface area contributed by atoms with Gasteiger partial charge in [0.1, 0.15) is 0 Å². The number of benzene rings is 1. The fraction of sp³-hybridized carbons (Fsp3) is 0.571. The fourth-order valence-corrected chi connectivity index (χ4v) is 4.16. The molecule has 0 atom stereocenters. The van der Waals surface area contributed by atoms with Crippen LogP contribution in [0.1, 0.15) is 55.2 Å². The van der Waals surface area contributed by atoms with Gasteiger partial charge in [0.05, 0.1) is 0 Å². The molecule has 0 spiro atoms. The number of rotatable bonds is 6. The molecule has 1 aromatic carbocycles. The number of amides is 1. The van der Waals surface area contributed by atoms with E-state index >= 15 is 0 Å². The highest BCUT2D eigenvalue weighted by Gasteiger charge is 2.21. The Morgan fingerprint density at radius 2 is 2.04 bits per heavy atom. The average molecular weight is 361 g/mol. The minimum atomic E-state index is 0.255. The monoisotopic (exact) mass is 360 g/mol. The van der Waals surface area contributed by atoms with E-state index in [0.29, 0.717) is 0 Å². The van der Waals surface area contributed by atoms with Gasteiger partial charge in [0.25, 0.3) is 0 Å². The molecule has 3 nitrogen and oxygen atoms in total. The van der Waals surface area contributed by atoms with Crippen molar-refractivity contribution >= 4 is 23.6 Å². The van der Waals surface area contributed by atoms with Crippen LogP contribution >= 0.6 is 11.6 Å². The van der Waals surface area contributed by atoms with E-state index in [1.54, 1.807) is 0 Å². The van der Waals surface area contributed by atoms with E-state index in [1.807, 2.05) is 6.07 Å². The topological polar surface area (TPSA) is 41.1 Å². The van der Waals surface area contributed by atoms with Gasteiger partial charge in [0.15, 0.2) is 0 Å². The molecule has 25 heavy (non-hydrogen) atoms. The summed E-state index contributed by atoms with van der Waals surface area (Å²) in [5.74, 6) is 0.521. The fourth-order valence-electron chi connectivity index (χ4n) is 3.92. The van der Waals surface area contributed by atoms with Crippen LogP contribution in [-0.2, 0) is 17.6 Å². The molecule has 0 unspecified atom stereocenters. The Morgan fingerprint density at radius 3 is 2.88 bits per heavy atom. The summed E-state index contributed by atoms with van der Waals surface area (Å²) in [7, 11) is 0. The average Bonchev–Trinajstić information content (AvgIpc) is 3.05. The Balaban J connectivity index is 1.48. The Labute approximate surface area is 156 Å². The molecule has 1 heterocycles. The lowest BCUT2D eigenvalue weighted by molar-refractivity contribution is -0.124. The zero-order valence-electron chi connectivity index (χ0n) is 15.0. The second kappa shape index (κ2) is 9.40. The summed E-state index contributed by atoms with van der Waals surface area (Å²) in [6, 6.07) is 4.19. The van der Waals surface area contributed by atoms with Crippen molar-refractivity contribution in [3.8, 4) is 0 Å². The molecule has 1 aliphatic heterocycles. The molecule has 2 aliphatic rings. The van der Waals surface area contributed by atoms with Gasteiger partial charge >= 0.3 is 0 Å². The third-order valence-electron chi connectivity index (χ3n) is 5.38. The van der Waals surface area contributed by atoms with Gasteiger partial charge < -0.3 is 10.6 Å². The van der Waals surface area contributed by atoms with E-state index in [9.17, 15) is 4.79 Å². The van der Waals surface area contributed by atoms with Crippen LogP contribution in [0.3, 0.4) is 0 Å². The highest BCUT2D eigenvalue weighted by atomic mass is 35.5. The van der Waals surface area contributed by atoms with Crippen LogP contribution in [0.2, 0.25) is 5.02 Å². The number of carbonyl (C=O) groups is 1. The molecule has 1 amide bonds. The molecule has 1 aromatic rings. The van der Waals surface area contributed by atoms with Gasteiger partial charge in [-0.05, 0) is 74.4 Å². The molecule has 0 saturated heterocycles. The SMILES string of the molecule is O=C(NCCCC=Cc1c(Cl)ccc2c1CCNCC2)C1CCCC1. The van der Waals surface area contributed by atoms with Crippen LogP contribution in [0.4, 0.5) is 0 Å². The number of nitrogens with one attached hydrogen (secondary N) is 2. The molecule has 1 saturated carbocycles. The summed E-state index contributed by atoms with van der Waals surface area (Å²) in [5, 5.41) is 7.38. The maximum absolute atomic E-state index is 12.0. The van der Waals surface area contributed by atoms with Gasteiger partial charge in [-0.15, -0.1) is 0 Å². The Bertz CT molecular complexity index is 621. The number of hydrogen-bond donors (Lipinski definition) is 2. The van der Waals surface area contributed by atoms with E-state index in [-0.39, 0.29) is 11.8 Å². The summed E-state index contributed by atoms with van der Waals surface area (Å²) >= 11 is 6.44. The third kappa shape index (κ3) is 5.08. The molecule has 136 valence electrons. The van der Waals surface area contributed by atoms with Crippen molar-refractivity contribution in [3.05, 3.63) is 39.9 Å². The van der Waals surface area contributed by atoms with Gasteiger partial charge in [-0.2, -0.15) is 0 Å². The number of halogens is 1. The molecule has 4 heteroatoms. The van der Waals surface area contributed by atoms with E-state index in [1.165, 1.54) is 29.5 Å². The quantitative estimate of drug-likeness (QED) is 0.749. The number of carbonyl (C=O) groups excluding carboxylic acids is 1. The van der Waals surface area contributed by atoms with Gasteiger partial charge in [-0.25, -0.2) is 0 Å². The van der Waals surface area contributed by atoms with E-state index in [4.69, 9.17) is 11.6 Å². The van der Waals surface area contributed by atoms with Gasteiger partial charge in [-0.3, -0.25) is 4.79 Å². The maximum atomic E-state index is 12.0. The van der Waals surface area contributed by atoms with Crippen molar-refractivity contribution < 1.29 is 4.79 Å². The highest BCUT2D eigenvalue weighted by Crippen LogP contribution is 2.27. The minimum absolute atomic E-state index is 0.255. The summed E-state index contributed by atoms with van der Waals surface area (Å²) in [6.07, 6.45) is 13.0. The summed E-state index contributed by atoms with van der Waals surface area (Å²) in [5.41, 5.74) is 3.99. The largest absolute Gasteiger partial charge is 0.356 e. The lowest BCUT2D eigenvalue weighted by Crippen LogP contribution is -2.29. The molecule has 0 bridgehead atoms. The molecular weight excluding hydrogens is 332 g/mol. The van der Waals surface area contributed by atoms with Gasteiger partial charge in [0.2, 0.25) is 5.91 Å². The lowest BCUT2D eigenvalue weighted by Gasteiger charge is -2.11. The summed E-state index contributed by atoms with van der Waals surface area (Å²) < 4.78 is 0. The van der Waals surface area contributed by atoms with Crippen molar-refractivity contribution in [2.75, 3.05) is 19.6 Å². The molecule has 0 radical (unpaired) electrons. The standard InChI is InChI=1S/C21H29ClN2O/c22-20-10-9-16-11-14-23-15-12-18(16)19(20)8-2-1-5-13-24-21(25)17-6-3-4-7-17/h2,8-10,17,23H,1,3-7,11-15H2,(H,24,25). The van der Waals surface area contributed by atoms with E-state index in [0.717, 1.165) is 63.2 Å². The van der Waals surface area contributed by atoms with Crippen LogP contribution in [0.25, 0.3) is 6.08 Å². The zero-order chi connectivity index (χ0) is 17.5. The van der Waals surface area contributed by atoms with Crippen molar-refractivity contribution in [2.24, 2.45) is 5.92 Å². The van der Waals surface area contributed by atoms with E-state index < -0.39 is 0 Å². The molecule has 3 rings (SSSR count). The zero-order valence-corrected chi connectivity index (χ0v) is 15.7. The summed E-state index contributed by atoms with van der Waals surface area (Å²) in [4.78, 5) is 12.0. The number of allylic oxidation sites excluding steroid dienone is 1. The Morgan fingerprint density at radius 1 is 1.24 bits per heavy atom. The smallest absolute Gasteiger partial charge is 0.223 e. The van der Waals surface area contributed by atoms with Gasteiger partial charge in [-0.1, -0.05) is 42.7 Å². The normalized spacial score (nSPS) is 18.3. The van der Waals surface area contributed by atoms with Gasteiger partial charge in [0, 0.05) is 17.5 Å². The molecular formula is C21H29ClN2O. The summed E-state index contributed by atoms with van der Waals surface area (Å²) in [6.45, 7) is 2.82. The Kier molecular flexibility index (Phi) is 6.94. The number of unbranched alkanes of at least 4 members (excludes halogenated alkanes) is 1. The van der Waals surface area contributed by atoms with Crippen LogP contribution in [0, 0.1) is 5.92 Å². The first-order valence-electron chi connectivity index (χ1n) is 9.71. The first-order chi connectivity index (χ1) is 12.3. The first-order valence-corrected chi connectivity index (χ1v) is 10.1. The van der Waals surface area contributed by atoms with Crippen LogP contribution in [0.15, 0.2) is 18.2 Å². The lowest BCUT2D eigenvalue weighted by atomic mass is 9.96. The molecule has 1 fully saturated rings. The molecule has 0 aromatic heterocycles. The first kappa shape index (κ1) is 18.5. The highest BCUT2D eigenvalue weighted by molar-refractivity contribution is 6.32. The number of hydrogen-bond acceptors (Lipinski definition) is 2. The van der Waals surface area contributed by atoms with Crippen molar-refractivity contribution in [3.63, 3.8) is 0 Å². The van der Waals surface area contributed by atoms with Crippen LogP contribution < -0.4 is 10.6 Å². The second-order valence-corrected chi connectivity index (χ2v) is 7.57. The van der Waals surface area contributed by atoms with Crippen LogP contribution in [0.5, 0.6) is 0 Å². The number of fused-ring (bicyclic) bond motifs is 1. The third-order valence-corrected chi connectivity index (χ3v) is 5.71. The predicted octanol–water partition coefficient (Wildman–Crippen LogP) is 4.13. The Hall–Kier alpha value is -1.32. The maximum Gasteiger partial charge on any atom is 0.223 e. The second-order valence-electron chi connectivity index (χ2n) is 7.17. The van der Waals surface area contributed by atoms with Crippen molar-refractivity contribution in [1.82, 2.24) is 10.6 Å². The predicted molar refractivity (Wildman–Crippen MR) is 105 cm³/mol. The van der Waals surface area contributed by atoms with Crippen LogP contribution in [-0.4, -0.2) is 25.5 Å².